The zero-order valence-corrected chi connectivity index (χ0v) is 7.98. The number of hydrogen-bond acceptors (Lipinski definition) is 1. The number of carbonyl (C=O) groups is 1. The number of halogens is 2. The van der Waals surface area contributed by atoms with E-state index < -0.39 is 5.82 Å². The maximum absolute atomic E-state index is 12.6. The van der Waals surface area contributed by atoms with Gasteiger partial charge in [0, 0.05) is 11.5 Å². The van der Waals surface area contributed by atoms with E-state index in [-0.39, 0.29) is 5.91 Å². The fourth-order valence-electron chi connectivity index (χ4n) is 0.806. The average molecular weight is 232 g/mol. The van der Waals surface area contributed by atoms with Crippen LogP contribution < -0.4 is 5.32 Å². The molecule has 12 heavy (non-hydrogen) atoms. The van der Waals surface area contributed by atoms with Gasteiger partial charge >= 0.3 is 0 Å². The Balaban J connectivity index is 3.13. The van der Waals surface area contributed by atoms with Crippen molar-refractivity contribution in [3.05, 3.63) is 34.1 Å². The van der Waals surface area contributed by atoms with Crippen molar-refractivity contribution in [2.75, 3.05) is 7.05 Å². The summed E-state index contributed by atoms with van der Waals surface area (Å²) in [5.74, 6) is -0.724. The number of benzene rings is 1. The lowest BCUT2D eigenvalue weighted by Crippen LogP contribution is -2.18. The molecule has 0 aliphatic carbocycles. The van der Waals surface area contributed by atoms with Gasteiger partial charge < -0.3 is 5.32 Å². The van der Waals surface area contributed by atoms with Crippen molar-refractivity contribution in [2.24, 2.45) is 0 Å². The highest BCUT2D eigenvalue weighted by atomic mass is 79.9. The van der Waals surface area contributed by atoms with Crippen LogP contribution in [0.4, 0.5) is 4.39 Å². The zero-order valence-electron chi connectivity index (χ0n) is 6.40. The molecule has 4 heteroatoms. The van der Waals surface area contributed by atoms with Crippen molar-refractivity contribution in [3.8, 4) is 0 Å². The van der Waals surface area contributed by atoms with Crippen LogP contribution in [0, 0.1) is 5.82 Å². The normalized spacial score (nSPS) is 9.58. The second-order valence-corrected chi connectivity index (χ2v) is 3.06. The highest BCUT2D eigenvalue weighted by molar-refractivity contribution is 9.10. The molecule has 0 aliphatic heterocycles. The first-order chi connectivity index (χ1) is 5.65. The van der Waals surface area contributed by atoms with Gasteiger partial charge in [0.25, 0.3) is 5.91 Å². The lowest BCUT2D eigenvalue weighted by molar-refractivity contribution is 0.0962. The molecule has 0 aliphatic rings. The molecule has 1 aromatic rings. The van der Waals surface area contributed by atoms with Gasteiger partial charge in [0.1, 0.15) is 5.82 Å². The average Bonchev–Trinajstić information content (AvgIpc) is 2.08. The third-order valence-electron chi connectivity index (χ3n) is 1.40. The summed E-state index contributed by atoms with van der Waals surface area (Å²) < 4.78 is 13.2. The standard InChI is InChI=1S/C8H7BrFNO/c1-11-8(12)6-4-5(10)2-3-7(6)9/h2-4H,1H3,(H,11,12). The van der Waals surface area contributed by atoms with Crippen LogP contribution in [0.1, 0.15) is 10.4 Å². The molecule has 1 amide bonds. The van der Waals surface area contributed by atoms with E-state index in [4.69, 9.17) is 0 Å². The highest BCUT2D eigenvalue weighted by Crippen LogP contribution is 2.17. The van der Waals surface area contributed by atoms with Gasteiger partial charge in [-0.3, -0.25) is 4.79 Å². The van der Waals surface area contributed by atoms with Crippen LogP contribution in [0.15, 0.2) is 22.7 Å². The van der Waals surface area contributed by atoms with Gasteiger partial charge in [-0.1, -0.05) is 0 Å². The maximum Gasteiger partial charge on any atom is 0.252 e. The van der Waals surface area contributed by atoms with Crippen LogP contribution in [-0.4, -0.2) is 13.0 Å². The quantitative estimate of drug-likeness (QED) is 0.787. The molecule has 0 atom stereocenters. The number of rotatable bonds is 1. The van der Waals surface area contributed by atoms with E-state index in [2.05, 4.69) is 21.2 Å². The Hall–Kier alpha value is -0.900. The second-order valence-electron chi connectivity index (χ2n) is 2.20. The van der Waals surface area contributed by atoms with E-state index in [1.54, 1.807) is 0 Å². The fraction of sp³-hybridized carbons (Fsp3) is 0.125. The summed E-state index contributed by atoms with van der Waals surface area (Å²) in [7, 11) is 1.50. The largest absolute Gasteiger partial charge is 0.355 e. The summed E-state index contributed by atoms with van der Waals surface area (Å²) in [5, 5.41) is 2.41. The van der Waals surface area contributed by atoms with Crippen LogP contribution in [-0.2, 0) is 0 Å². The Bertz CT molecular complexity index is 314. The zero-order chi connectivity index (χ0) is 9.14. The van der Waals surface area contributed by atoms with E-state index in [1.165, 1.54) is 25.2 Å². The summed E-state index contributed by atoms with van der Waals surface area (Å²) in [6.45, 7) is 0. The van der Waals surface area contributed by atoms with Crippen LogP contribution in [0.5, 0.6) is 0 Å². The summed E-state index contributed by atoms with van der Waals surface area (Å²) in [4.78, 5) is 11.1. The molecular weight excluding hydrogens is 225 g/mol. The van der Waals surface area contributed by atoms with Gasteiger partial charge in [-0.05, 0) is 34.1 Å². The Labute approximate surface area is 77.9 Å². The van der Waals surface area contributed by atoms with Gasteiger partial charge in [-0.2, -0.15) is 0 Å². The Morgan fingerprint density at radius 3 is 2.83 bits per heavy atom. The van der Waals surface area contributed by atoms with Crippen molar-refractivity contribution >= 4 is 21.8 Å². The third-order valence-corrected chi connectivity index (χ3v) is 2.09. The monoisotopic (exact) mass is 231 g/mol. The molecule has 64 valence electrons. The summed E-state index contributed by atoms with van der Waals surface area (Å²) in [6, 6.07) is 3.97. The van der Waals surface area contributed by atoms with E-state index in [1.807, 2.05) is 0 Å². The van der Waals surface area contributed by atoms with E-state index in [9.17, 15) is 9.18 Å². The first-order valence-corrected chi connectivity index (χ1v) is 4.11. The Kier molecular flexibility index (Phi) is 2.81. The number of hydrogen-bond donors (Lipinski definition) is 1. The lowest BCUT2D eigenvalue weighted by atomic mass is 10.2. The number of amides is 1. The number of carbonyl (C=O) groups excluding carboxylic acids is 1. The molecule has 0 saturated carbocycles. The maximum atomic E-state index is 12.6. The second kappa shape index (κ2) is 3.67. The molecule has 0 radical (unpaired) electrons. The van der Waals surface area contributed by atoms with Gasteiger partial charge in [-0.25, -0.2) is 4.39 Å². The predicted molar refractivity (Wildman–Crippen MR) is 47.5 cm³/mol. The summed E-state index contributed by atoms with van der Waals surface area (Å²) in [6.07, 6.45) is 0. The SMILES string of the molecule is CNC(=O)c1cc(F)ccc1Br. The van der Waals surface area contributed by atoms with Crippen molar-refractivity contribution in [2.45, 2.75) is 0 Å². The minimum Gasteiger partial charge on any atom is -0.355 e. The van der Waals surface area contributed by atoms with Crippen LogP contribution >= 0.6 is 15.9 Å². The van der Waals surface area contributed by atoms with Crippen molar-refractivity contribution in [1.82, 2.24) is 5.32 Å². The van der Waals surface area contributed by atoms with Gasteiger partial charge in [0.2, 0.25) is 0 Å². The molecule has 1 rings (SSSR count). The van der Waals surface area contributed by atoms with E-state index >= 15 is 0 Å². The van der Waals surface area contributed by atoms with E-state index in [0.717, 1.165) is 0 Å². The van der Waals surface area contributed by atoms with Crippen LogP contribution in [0.25, 0.3) is 0 Å². The Morgan fingerprint density at radius 1 is 1.58 bits per heavy atom. The molecule has 0 bridgehead atoms. The smallest absolute Gasteiger partial charge is 0.252 e. The molecule has 0 heterocycles. The van der Waals surface area contributed by atoms with Crippen molar-refractivity contribution < 1.29 is 9.18 Å². The molecule has 1 N–H and O–H groups in total. The topological polar surface area (TPSA) is 29.1 Å². The van der Waals surface area contributed by atoms with Gasteiger partial charge in [0.05, 0.1) is 5.56 Å². The van der Waals surface area contributed by atoms with Gasteiger partial charge in [-0.15, -0.1) is 0 Å². The predicted octanol–water partition coefficient (Wildman–Crippen LogP) is 1.95. The molecule has 0 fully saturated rings. The molecule has 0 unspecified atom stereocenters. The molecular formula is C8H7BrFNO. The minimum atomic E-state index is -0.420. The van der Waals surface area contributed by atoms with Crippen LogP contribution in [0.2, 0.25) is 0 Å². The minimum absolute atomic E-state index is 0.303. The molecule has 0 aromatic heterocycles. The molecule has 0 spiro atoms. The highest BCUT2D eigenvalue weighted by Gasteiger charge is 2.08. The summed E-state index contributed by atoms with van der Waals surface area (Å²) in [5.41, 5.74) is 0.303. The Morgan fingerprint density at radius 2 is 2.25 bits per heavy atom. The molecule has 2 nitrogen and oxygen atoms in total. The summed E-state index contributed by atoms with van der Waals surface area (Å²) >= 11 is 3.14. The van der Waals surface area contributed by atoms with Crippen molar-refractivity contribution in [1.29, 1.82) is 0 Å². The van der Waals surface area contributed by atoms with Crippen LogP contribution in [0.3, 0.4) is 0 Å². The molecule has 1 aromatic carbocycles. The van der Waals surface area contributed by atoms with E-state index in [0.29, 0.717) is 10.0 Å². The third kappa shape index (κ3) is 1.82. The lowest BCUT2D eigenvalue weighted by Gasteiger charge is -2.01. The fourth-order valence-corrected chi connectivity index (χ4v) is 1.23. The number of nitrogens with one attached hydrogen (secondary N) is 1. The van der Waals surface area contributed by atoms with Gasteiger partial charge in [0.15, 0.2) is 0 Å². The first kappa shape index (κ1) is 9.19. The first-order valence-electron chi connectivity index (χ1n) is 3.32. The van der Waals surface area contributed by atoms with Crippen molar-refractivity contribution in [3.63, 3.8) is 0 Å². The molecule has 0 saturated heterocycles.